The highest BCUT2D eigenvalue weighted by molar-refractivity contribution is 6.25. The Morgan fingerprint density at radius 2 is 1.73 bits per heavy atom. The molecule has 4 N–H and O–H groups in total. The van der Waals surface area contributed by atoms with Crippen molar-refractivity contribution in [1.82, 2.24) is 9.80 Å². The molecule has 0 unspecified atom stereocenters. The number of benzene rings is 2. The van der Waals surface area contributed by atoms with Gasteiger partial charge in [0.2, 0.25) is 5.78 Å². The van der Waals surface area contributed by atoms with Gasteiger partial charge < -0.3 is 25.3 Å². The Labute approximate surface area is 262 Å². The number of nitrogens with zero attached hydrogens (tertiary/aromatic N) is 2. The number of ketones is 4. The molecule has 0 saturated heterocycles. The lowest BCUT2D eigenvalue weighted by Gasteiger charge is -2.50. The van der Waals surface area contributed by atoms with Gasteiger partial charge in [0.15, 0.2) is 17.2 Å². The van der Waals surface area contributed by atoms with Gasteiger partial charge in [-0.1, -0.05) is 30.3 Å². The Balaban J connectivity index is 1.57. The van der Waals surface area contributed by atoms with Crippen molar-refractivity contribution in [2.24, 2.45) is 11.8 Å². The molecular weight excluding hydrogens is 576 g/mol. The average molecular weight is 617 g/mol. The molecule has 10 nitrogen and oxygen atoms in total. The quantitative estimate of drug-likeness (QED) is 0.309. The molecule has 45 heavy (non-hydrogen) atoms. The number of aliphatic hydroxyl groups is 3. The SMILES string of the molecule is CC(=O)C1=C(O)[C@@]2(O)C(=O)C3=C(O)c4c(O)ccc(-c5cccc(CC(=O)CCCN(C)C)c5)c4C[C@H]3C[C@H]2[C@H](N(C)C)C1=O. The second kappa shape index (κ2) is 12.0. The highest BCUT2D eigenvalue weighted by Crippen LogP contribution is 2.53. The van der Waals surface area contributed by atoms with Gasteiger partial charge in [0.25, 0.3) is 0 Å². The summed E-state index contributed by atoms with van der Waals surface area (Å²) in [6.07, 6.45) is 1.75. The highest BCUT2D eigenvalue weighted by Gasteiger charge is 2.64. The van der Waals surface area contributed by atoms with E-state index in [-0.39, 0.29) is 41.9 Å². The van der Waals surface area contributed by atoms with Crippen LogP contribution >= 0.6 is 0 Å². The van der Waals surface area contributed by atoms with Crippen molar-refractivity contribution >= 4 is 28.9 Å². The predicted molar refractivity (Wildman–Crippen MR) is 168 cm³/mol. The summed E-state index contributed by atoms with van der Waals surface area (Å²) >= 11 is 0. The van der Waals surface area contributed by atoms with E-state index in [9.17, 15) is 39.6 Å². The number of carbonyl (C=O) groups excluding carboxylic acids is 4. The lowest BCUT2D eigenvalue weighted by Crippen LogP contribution is -2.65. The number of carbonyl (C=O) groups is 4. The van der Waals surface area contributed by atoms with Crippen molar-refractivity contribution in [3.63, 3.8) is 0 Å². The number of hydrogen-bond donors (Lipinski definition) is 4. The molecule has 1 saturated carbocycles. The van der Waals surface area contributed by atoms with Gasteiger partial charge in [-0.3, -0.25) is 24.1 Å². The van der Waals surface area contributed by atoms with Crippen LogP contribution in [-0.4, -0.2) is 99.7 Å². The van der Waals surface area contributed by atoms with Gasteiger partial charge in [-0.15, -0.1) is 0 Å². The first kappa shape index (κ1) is 32.3. The first-order valence-corrected chi connectivity index (χ1v) is 15.1. The molecule has 0 bridgehead atoms. The molecule has 0 radical (unpaired) electrons. The molecule has 0 spiro atoms. The Hall–Kier alpha value is -4.12. The van der Waals surface area contributed by atoms with E-state index >= 15 is 0 Å². The molecule has 0 heterocycles. The third-order valence-electron chi connectivity index (χ3n) is 9.41. The number of phenolic OH excluding ortho intramolecular Hbond substituents is 1. The third-order valence-corrected chi connectivity index (χ3v) is 9.41. The topological polar surface area (TPSA) is 156 Å². The molecule has 5 rings (SSSR count). The normalized spacial score (nSPS) is 24.6. The van der Waals surface area contributed by atoms with Crippen molar-refractivity contribution < 1.29 is 39.6 Å². The van der Waals surface area contributed by atoms with Gasteiger partial charge in [0.1, 0.15) is 28.6 Å². The van der Waals surface area contributed by atoms with E-state index in [4.69, 9.17) is 0 Å². The maximum atomic E-state index is 14.1. The summed E-state index contributed by atoms with van der Waals surface area (Å²) < 4.78 is 0. The molecule has 3 aliphatic rings. The summed E-state index contributed by atoms with van der Waals surface area (Å²) in [6, 6.07) is 9.59. The molecule has 4 atom stereocenters. The van der Waals surface area contributed by atoms with Gasteiger partial charge in [-0.05, 0) is 95.2 Å². The molecule has 2 aromatic carbocycles. The Morgan fingerprint density at radius 3 is 2.38 bits per heavy atom. The van der Waals surface area contributed by atoms with Gasteiger partial charge in [-0.2, -0.15) is 0 Å². The number of rotatable bonds is 9. The fourth-order valence-electron chi connectivity index (χ4n) is 7.37. The second-order valence-corrected chi connectivity index (χ2v) is 13.0. The molecule has 2 aromatic rings. The highest BCUT2D eigenvalue weighted by atomic mass is 16.3. The standard InChI is InChI=1S/C35H40N2O8/c1-18(38)27-32(42)30(37(4)5)25-17-21-16-24-23(20-9-6-8-19(14-20)15-22(39)10-7-13-36(2)3)11-12-26(40)29(24)31(41)28(21)34(44)35(25,45)33(27)43/h6,8-9,11-12,14,21,25,30,40-41,43,45H,7,10,13,15-17H2,1-5H3/t21-,25-,30-,35+/m0/s1. The van der Waals surface area contributed by atoms with Crippen molar-refractivity contribution in [2.45, 2.75) is 50.7 Å². The van der Waals surface area contributed by atoms with Crippen LogP contribution in [0.4, 0.5) is 0 Å². The van der Waals surface area contributed by atoms with Crippen LogP contribution in [0.2, 0.25) is 0 Å². The van der Waals surface area contributed by atoms with Crippen molar-refractivity contribution in [3.8, 4) is 16.9 Å². The summed E-state index contributed by atoms with van der Waals surface area (Å²) in [5, 5.41) is 45.4. The summed E-state index contributed by atoms with van der Waals surface area (Å²) in [5.41, 5.74) is -0.464. The monoisotopic (exact) mass is 616 g/mol. The smallest absolute Gasteiger partial charge is 0.202 e. The molecular formula is C35H40N2O8. The van der Waals surface area contributed by atoms with Crippen LogP contribution in [0.5, 0.6) is 5.75 Å². The van der Waals surface area contributed by atoms with E-state index in [1.54, 1.807) is 20.2 Å². The lowest BCUT2D eigenvalue weighted by atomic mass is 9.57. The van der Waals surface area contributed by atoms with Crippen molar-refractivity contribution in [3.05, 3.63) is 70.0 Å². The zero-order valence-electron chi connectivity index (χ0n) is 26.3. The van der Waals surface area contributed by atoms with Crippen LogP contribution in [-0.2, 0) is 32.0 Å². The minimum Gasteiger partial charge on any atom is -0.508 e. The maximum Gasteiger partial charge on any atom is 0.202 e. The minimum absolute atomic E-state index is 0.0431. The van der Waals surface area contributed by atoms with E-state index in [1.807, 2.05) is 43.3 Å². The van der Waals surface area contributed by atoms with Gasteiger partial charge in [0, 0.05) is 24.3 Å². The first-order valence-electron chi connectivity index (χ1n) is 15.1. The van der Waals surface area contributed by atoms with E-state index in [0.717, 1.165) is 31.0 Å². The van der Waals surface area contributed by atoms with Gasteiger partial charge in [-0.25, -0.2) is 0 Å². The Bertz CT molecular complexity index is 1670. The van der Waals surface area contributed by atoms with Crippen LogP contribution in [0, 0.1) is 11.8 Å². The number of Topliss-reactive ketones (excluding diaryl/α,β-unsaturated/α-hetero) is 4. The fourth-order valence-corrected chi connectivity index (χ4v) is 7.37. The van der Waals surface area contributed by atoms with Crippen molar-refractivity contribution in [1.29, 1.82) is 0 Å². The zero-order valence-corrected chi connectivity index (χ0v) is 26.3. The number of hydrogen-bond acceptors (Lipinski definition) is 10. The number of phenols is 1. The molecule has 0 aliphatic heterocycles. The van der Waals surface area contributed by atoms with E-state index in [2.05, 4.69) is 0 Å². The van der Waals surface area contributed by atoms with E-state index < -0.39 is 57.9 Å². The summed E-state index contributed by atoms with van der Waals surface area (Å²) in [4.78, 5) is 56.1. The molecule has 1 fully saturated rings. The van der Waals surface area contributed by atoms with Crippen molar-refractivity contribution in [2.75, 3.05) is 34.7 Å². The summed E-state index contributed by atoms with van der Waals surface area (Å²) in [7, 11) is 7.13. The number of aliphatic hydroxyl groups excluding tert-OH is 2. The lowest BCUT2D eigenvalue weighted by molar-refractivity contribution is -0.153. The van der Waals surface area contributed by atoms with Crippen LogP contribution < -0.4 is 0 Å². The fraction of sp³-hybridized carbons (Fsp3) is 0.429. The number of likely N-dealkylation sites (N-methyl/N-ethyl adjacent to an activating group) is 1. The molecule has 0 aromatic heterocycles. The summed E-state index contributed by atoms with van der Waals surface area (Å²) in [6.45, 7) is 1.91. The van der Waals surface area contributed by atoms with E-state index in [1.165, 1.54) is 11.0 Å². The van der Waals surface area contributed by atoms with Crippen LogP contribution in [0.25, 0.3) is 16.9 Å². The molecule has 0 amide bonds. The van der Waals surface area contributed by atoms with Gasteiger partial charge >= 0.3 is 0 Å². The van der Waals surface area contributed by atoms with E-state index in [0.29, 0.717) is 17.5 Å². The van der Waals surface area contributed by atoms with Crippen LogP contribution in [0.1, 0.15) is 42.9 Å². The summed E-state index contributed by atoms with van der Waals surface area (Å²) in [5.74, 6) is -5.85. The third kappa shape index (κ3) is 5.41. The minimum atomic E-state index is -2.61. The predicted octanol–water partition coefficient (Wildman–Crippen LogP) is 3.19. The Morgan fingerprint density at radius 1 is 1.02 bits per heavy atom. The average Bonchev–Trinajstić information content (AvgIpc) is 2.94. The van der Waals surface area contributed by atoms with Gasteiger partial charge in [0.05, 0.1) is 11.6 Å². The Kier molecular flexibility index (Phi) is 8.61. The number of fused-ring (bicyclic) bond motifs is 3. The zero-order chi connectivity index (χ0) is 33.0. The number of aromatic hydroxyl groups is 1. The molecule has 10 heteroatoms. The maximum absolute atomic E-state index is 14.1. The second-order valence-electron chi connectivity index (χ2n) is 13.0. The van der Waals surface area contributed by atoms with Crippen LogP contribution in [0.3, 0.4) is 0 Å². The largest absolute Gasteiger partial charge is 0.508 e. The molecule has 238 valence electrons. The van der Waals surface area contributed by atoms with Crippen LogP contribution in [0.15, 0.2) is 53.3 Å². The molecule has 3 aliphatic carbocycles. The first-order chi connectivity index (χ1) is 21.2.